The molecule has 2 aromatic rings. The van der Waals surface area contributed by atoms with Gasteiger partial charge in [-0.15, -0.1) is 0 Å². The van der Waals surface area contributed by atoms with Crippen molar-refractivity contribution in [2.75, 3.05) is 5.73 Å². The lowest BCUT2D eigenvalue weighted by molar-refractivity contribution is -0.133. The van der Waals surface area contributed by atoms with E-state index in [9.17, 15) is 14.7 Å². The van der Waals surface area contributed by atoms with Crippen LogP contribution in [0.1, 0.15) is 28.4 Å². The molecule has 1 aromatic heterocycles. The largest absolute Gasteiger partial charge is 0.391 e. The quantitative estimate of drug-likeness (QED) is 0.280. The molecule has 0 unspecified atom stereocenters. The predicted molar refractivity (Wildman–Crippen MR) is 91.7 cm³/mol. The molecule has 134 valence electrons. The monoisotopic (exact) mass is 355 g/mol. The summed E-state index contributed by atoms with van der Waals surface area (Å²) in [5.41, 5.74) is 8.31. The molecule has 2 rings (SSSR count). The zero-order chi connectivity index (χ0) is 19.1. The maximum atomic E-state index is 12.2. The second-order valence-electron chi connectivity index (χ2n) is 5.33. The number of anilines is 1. The van der Waals surface area contributed by atoms with E-state index in [0.717, 1.165) is 0 Å². The zero-order valence-corrected chi connectivity index (χ0v) is 13.8. The Labute approximate surface area is 149 Å². The number of hydroxylamine groups is 1. The van der Waals surface area contributed by atoms with Gasteiger partial charge in [0.05, 0.1) is 11.7 Å². The van der Waals surface area contributed by atoms with Crippen LogP contribution in [0.15, 0.2) is 36.7 Å². The second-order valence-corrected chi connectivity index (χ2v) is 5.33. The van der Waals surface area contributed by atoms with Gasteiger partial charge in [-0.25, -0.2) is 15.4 Å². The topological polar surface area (TPSA) is 150 Å². The standard InChI is InChI=1S/C17H17N5O4/c1-10(23)14(16(25)22-26)21-15(24)13-6-4-11(5-7-13)2-3-12-8-19-17(18)20-9-12/h4-10,14,23,26H,1H3,(H,21,24)(H,22,25)(H2,18,19,20)/t10-,14+/m1/s1. The minimum Gasteiger partial charge on any atom is -0.391 e. The molecule has 0 saturated carbocycles. The molecule has 0 spiro atoms. The van der Waals surface area contributed by atoms with Crippen LogP contribution in [0.5, 0.6) is 0 Å². The Morgan fingerprint density at radius 2 is 1.69 bits per heavy atom. The van der Waals surface area contributed by atoms with Gasteiger partial charge in [0.25, 0.3) is 11.8 Å². The number of nitrogen functional groups attached to an aromatic ring is 1. The van der Waals surface area contributed by atoms with Crippen molar-refractivity contribution in [2.24, 2.45) is 0 Å². The fraction of sp³-hybridized carbons (Fsp3) is 0.176. The Balaban J connectivity index is 2.08. The highest BCUT2D eigenvalue weighted by Crippen LogP contribution is 2.05. The number of aliphatic hydroxyl groups excluding tert-OH is 1. The minimum absolute atomic E-state index is 0.163. The summed E-state index contributed by atoms with van der Waals surface area (Å²) in [5, 5.41) is 20.5. The normalized spacial score (nSPS) is 12.3. The number of carbonyl (C=O) groups is 2. The van der Waals surface area contributed by atoms with Crippen molar-refractivity contribution in [2.45, 2.75) is 19.1 Å². The van der Waals surface area contributed by atoms with Crippen molar-refractivity contribution < 1.29 is 19.9 Å². The first-order valence-corrected chi connectivity index (χ1v) is 7.53. The van der Waals surface area contributed by atoms with Gasteiger partial charge in [-0.1, -0.05) is 11.8 Å². The van der Waals surface area contributed by atoms with Gasteiger partial charge in [0.2, 0.25) is 5.95 Å². The third-order valence-electron chi connectivity index (χ3n) is 3.33. The van der Waals surface area contributed by atoms with E-state index in [1.54, 1.807) is 12.1 Å². The summed E-state index contributed by atoms with van der Waals surface area (Å²) in [4.78, 5) is 31.3. The number of aromatic nitrogens is 2. The Bertz CT molecular complexity index is 838. The summed E-state index contributed by atoms with van der Waals surface area (Å²) < 4.78 is 0. The summed E-state index contributed by atoms with van der Waals surface area (Å²) in [7, 11) is 0. The van der Waals surface area contributed by atoms with E-state index in [-0.39, 0.29) is 11.5 Å². The van der Waals surface area contributed by atoms with Crippen molar-refractivity contribution >= 4 is 17.8 Å². The highest BCUT2D eigenvalue weighted by Gasteiger charge is 2.25. The molecular formula is C17H17N5O4. The van der Waals surface area contributed by atoms with E-state index in [1.165, 1.54) is 36.9 Å². The predicted octanol–water partition coefficient (Wildman–Crippen LogP) is -0.557. The summed E-state index contributed by atoms with van der Waals surface area (Å²) in [6, 6.07) is 5.02. The first-order valence-electron chi connectivity index (χ1n) is 7.53. The van der Waals surface area contributed by atoms with Gasteiger partial charge in [-0.2, -0.15) is 0 Å². The highest BCUT2D eigenvalue weighted by atomic mass is 16.5. The average Bonchev–Trinajstić information content (AvgIpc) is 2.65. The maximum Gasteiger partial charge on any atom is 0.268 e. The molecule has 2 atom stereocenters. The molecule has 0 radical (unpaired) electrons. The van der Waals surface area contributed by atoms with E-state index in [2.05, 4.69) is 27.1 Å². The molecule has 2 amide bonds. The molecule has 0 aliphatic rings. The summed E-state index contributed by atoms with van der Waals surface area (Å²) in [5.74, 6) is 4.43. The number of nitrogens with two attached hydrogens (primary N) is 1. The fourth-order valence-electron chi connectivity index (χ4n) is 1.95. The number of hydrogen-bond donors (Lipinski definition) is 5. The number of nitrogens with one attached hydrogen (secondary N) is 2. The SMILES string of the molecule is C[C@@H](O)[C@H](NC(=O)c1ccc(C#Cc2cnc(N)nc2)cc1)C(=O)NO. The number of hydrogen-bond acceptors (Lipinski definition) is 7. The maximum absolute atomic E-state index is 12.2. The van der Waals surface area contributed by atoms with Gasteiger partial charge in [-0.3, -0.25) is 14.8 Å². The van der Waals surface area contributed by atoms with Crippen LogP contribution in [0.25, 0.3) is 0 Å². The Hall–Kier alpha value is -3.48. The van der Waals surface area contributed by atoms with Gasteiger partial charge >= 0.3 is 0 Å². The molecule has 0 aliphatic heterocycles. The van der Waals surface area contributed by atoms with Crippen LogP contribution in [0, 0.1) is 11.8 Å². The molecule has 26 heavy (non-hydrogen) atoms. The highest BCUT2D eigenvalue weighted by molar-refractivity contribution is 5.97. The van der Waals surface area contributed by atoms with Crippen LogP contribution in [0.4, 0.5) is 5.95 Å². The van der Waals surface area contributed by atoms with Crippen LogP contribution in [-0.4, -0.2) is 44.2 Å². The van der Waals surface area contributed by atoms with E-state index < -0.39 is 24.0 Å². The van der Waals surface area contributed by atoms with Crippen LogP contribution < -0.4 is 16.5 Å². The van der Waals surface area contributed by atoms with E-state index >= 15 is 0 Å². The van der Waals surface area contributed by atoms with Gasteiger partial charge in [-0.05, 0) is 31.2 Å². The van der Waals surface area contributed by atoms with Crippen LogP contribution >= 0.6 is 0 Å². The molecule has 9 nitrogen and oxygen atoms in total. The average molecular weight is 355 g/mol. The van der Waals surface area contributed by atoms with Crippen molar-refractivity contribution in [3.8, 4) is 11.8 Å². The van der Waals surface area contributed by atoms with Crippen LogP contribution in [-0.2, 0) is 4.79 Å². The number of rotatable bonds is 4. The van der Waals surface area contributed by atoms with Gasteiger partial charge < -0.3 is 16.2 Å². The van der Waals surface area contributed by atoms with Crippen molar-refractivity contribution in [3.05, 3.63) is 53.3 Å². The van der Waals surface area contributed by atoms with Crippen LogP contribution in [0.2, 0.25) is 0 Å². The Morgan fingerprint density at radius 1 is 1.12 bits per heavy atom. The van der Waals surface area contributed by atoms with Crippen molar-refractivity contribution in [3.63, 3.8) is 0 Å². The van der Waals surface area contributed by atoms with Crippen molar-refractivity contribution in [1.82, 2.24) is 20.8 Å². The number of amides is 2. The van der Waals surface area contributed by atoms with Gasteiger partial charge in [0, 0.05) is 23.5 Å². The van der Waals surface area contributed by atoms with Crippen molar-refractivity contribution in [1.29, 1.82) is 0 Å². The molecule has 0 bridgehead atoms. The summed E-state index contributed by atoms with van der Waals surface area (Å²) in [6.45, 7) is 1.32. The van der Waals surface area contributed by atoms with Gasteiger partial charge in [0.1, 0.15) is 6.04 Å². The minimum atomic E-state index is -1.28. The number of benzene rings is 1. The zero-order valence-electron chi connectivity index (χ0n) is 13.8. The molecule has 1 aromatic carbocycles. The molecule has 0 aliphatic carbocycles. The number of nitrogens with zero attached hydrogens (tertiary/aromatic N) is 2. The van der Waals surface area contributed by atoms with E-state index in [4.69, 9.17) is 10.9 Å². The molecule has 1 heterocycles. The lowest BCUT2D eigenvalue weighted by Gasteiger charge is -2.19. The first kappa shape index (κ1) is 18.9. The van der Waals surface area contributed by atoms with E-state index in [0.29, 0.717) is 11.1 Å². The lowest BCUT2D eigenvalue weighted by Crippen LogP contribution is -2.51. The van der Waals surface area contributed by atoms with Crippen LogP contribution in [0.3, 0.4) is 0 Å². The molecule has 6 N–H and O–H groups in total. The molecule has 9 heteroatoms. The van der Waals surface area contributed by atoms with E-state index in [1.807, 2.05) is 0 Å². The summed E-state index contributed by atoms with van der Waals surface area (Å²) >= 11 is 0. The molecule has 0 fully saturated rings. The second kappa shape index (κ2) is 8.57. The Morgan fingerprint density at radius 3 is 2.23 bits per heavy atom. The third-order valence-corrected chi connectivity index (χ3v) is 3.33. The third kappa shape index (κ3) is 5.01. The number of carbonyl (C=O) groups excluding carboxylic acids is 2. The summed E-state index contributed by atoms with van der Waals surface area (Å²) in [6.07, 6.45) is 1.82. The fourth-order valence-corrected chi connectivity index (χ4v) is 1.95. The first-order chi connectivity index (χ1) is 12.4. The smallest absolute Gasteiger partial charge is 0.268 e. The Kier molecular flexibility index (Phi) is 6.21. The van der Waals surface area contributed by atoms with Gasteiger partial charge in [0.15, 0.2) is 0 Å². The lowest BCUT2D eigenvalue weighted by atomic mass is 10.1. The molecular weight excluding hydrogens is 338 g/mol. The number of aliphatic hydroxyl groups is 1. The molecule has 0 saturated heterocycles.